The third kappa shape index (κ3) is 4.04. The van der Waals surface area contributed by atoms with Gasteiger partial charge in [0.1, 0.15) is 5.75 Å². The van der Waals surface area contributed by atoms with E-state index in [9.17, 15) is 13.2 Å². The number of anilines is 1. The number of fused-ring (bicyclic) bond motifs is 1. The van der Waals surface area contributed by atoms with Crippen molar-refractivity contribution in [1.82, 2.24) is 0 Å². The number of thioether (sulfide) groups is 1. The van der Waals surface area contributed by atoms with Crippen LogP contribution in [0, 0.1) is 6.92 Å². The number of nitrogens with zero attached hydrogens (tertiary/aromatic N) is 2. The van der Waals surface area contributed by atoms with Crippen molar-refractivity contribution in [2.45, 2.75) is 24.6 Å². The van der Waals surface area contributed by atoms with Gasteiger partial charge < -0.3 is 9.64 Å². The molecule has 0 aliphatic carbocycles. The Balaban J connectivity index is 1.66. The molecular formula is C21H22N2O4S2. The summed E-state index contributed by atoms with van der Waals surface area (Å²) in [6.45, 7) is 1.98. The predicted octanol–water partition coefficient (Wildman–Crippen LogP) is 2.85. The van der Waals surface area contributed by atoms with Gasteiger partial charge in [-0.1, -0.05) is 48.2 Å². The van der Waals surface area contributed by atoms with E-state index in [1.807, 2.05) is 60.4 Å². The minimum Gasteiger partial charge on any atom is -0.496 e. The average Bonchev–Trinajstić information content (AvgIpc) is 3.13. The van der Waals surface area contributed by atoms with Gasteiger partial charge in [-0.05, 0) is 24.6 Å². The highest BCUT2D eigenvalue weighted by molar-refractivity contribution is 8.16. The number of benzene rings is 2. The highest BCUT2D eigenvalue weighted by Crippen LogP contribution is 2.41. The van der Waals surface area contributed by atoms with Crippen LogP contribution >= 0.6 is 11.8 Å². The molecule has 2 aromatic rings. The SMILES string of the molecule is COc1ccccc1CC(=O)N=C1S[C@@H]2CS(=O)(=O)C[C@@H]2N1c1ccccc1C. The number of aryl methyl sites for hydroxylation is 1. The summed E-state index contributed by atoms with van der Waals surface area (Å²) in [6, 6.07) is 14.9. The Morgan fingerprint density at radius 1 is 1.17 bits per heavy atom. The Morgan fingerprint density at radius 3 is 2.66 bits per heavy atom. The van der Waals surface area contributed by atoms with Gasteiger partial charge >= 0.3 is 0 Å². The maximum absolute atomic E-state index is 12.7. The molecule has 2 heterocycles. The Hall–Kier alpha value is -2.32. The van der Waals surface area contributed by atoms with E-state index in [-0.39, 0.29) is 35.1 Å². The van der Waals surface area contributed by atoms with Crippen LogP contribution in [-0.4, -0.2) is 49.4 Å². The zero-order valence-corrected chi connectivity index (χ0v) is 17.9. The minimum atomic E-state index is -3.09. The molecular weight excluding hydrogens is 408 g/mol. The van der Waals surface area contributed by atoms with Crippen LogP contribution in [0.1, 0.15) is 11.1 Å². The number of hydrogen-bond acceptors (Lipinski definition) is 5. The number of amidine groups is 1. The smallest absolute Gasteiger partial charge is 0.252 e. The molecule has 152 valence electrons. The zero-order chi connectivity index (χ0) is 20.6. The molecule has 6 nitrogen and oxygen atoms in total. The Kier molecular flexibility index (Phi) is 5.40. The highest BCUT2D eigenvalue weighted by atomic mass is 32.2. The number of rotatable bonds is 4. The Morgan fingerprint density at radius 2 is 1.90 bits per heavy atom. The van der Waals surface area contributed by atoms with Crippen LogP contribution in [0.4, 0.5) is 5.69 Å². The van der Waals surface area contributed by atoms with E-state index in [1.165, 1.54) is 11.8 Å². The fourth-order valence-electron chi connectivity index (χ4n) is 3.84. The van der Waals surface area contributed by atoms with E-state index in [1.54, 1.807) is 7.11 Å². The van der Waals surface area contributed by atoms with Crippen molar-refractivity contribution in [3.63, 3.8) is 0 Å². The van der Waals surface area contributed by atoms with Crippen LogP contribution in [0.25, 0.3) is 0 Å². The predicted molar refractivity (Wildman–Crippen MR) is 117 cm³/mol. The highest BCUT2D eigenvalue weighted by Gasteiger charge is 2.49. The Bertz CT molecular complexity index is 1080. The average molecular weight is 431 g/mol. The second-order valence-electron chi connectivity index (χ2n) is 7.23. The summed E-state index contributed by atoms with van der Waals surface area (Å²) >= 11 is 1.39. The second kappa shape index (κ2) is 7.84. The van der Waals surface area contributed by atoms with Gasteiger partial charge in [0.2, 0.25) is 0 Å². The molecule has 0 aromatic heterocycles. The van der Waals surface area contributed by atoms with Gasteiger partial charge in [-0.3, -0.25) is 4.79 Å². The first-order chi connectivity index (χ1) is 13.9. The van der Waals surface area contributed by atoms with Gasteiger partial charge in [0.25, 0.3) is 5.91 Å². The molecule has 0 bridgehead atoms. The van der Waals surface area contributed by atoms with Gasteiger partial charge in [0, 0.05) is 16.5 Å². The molecule has 1 amide bonds. The van der Waals surface area contributed by atoms with Crippen molar-refractivity contribution in [2.75, 3.05) is 23.5 Å². The van der Waals surface area contributed by atoms with Crippen LogP contribution in [-0.2, 0) is 21.1 Å². The lowest BCUT2D eigenvalue weighted by atomic mass is 10.1. The van der Waals surface area contributed by atoms with Crippen molar-refractivity contribution >= 4 is 38.4 Å². The quantitative estimate of drug-likeness (QED) is 0.743. The molecule has 0 spiro atoms. The van der Waals surface area contributed by atoms with Crippen molar-refractivity contribution in [3.8, 4) is 5.75 Å². The van der Waals surface area contributed by atoms with E-state index < -0.39 is 9.84 Å². The lowest BCUT2D eigenvalue weighted by molar-refractivity contribution is -0.117. The van der Waals surface area contributed by atoms with Gasteiger partial charge in [0.05, 0.1) is 31.1 Å². The number of ether oxygens (including phenoxy) is 1. The summed E-state index contributed by atoms with van der Waals surface area (Å²) in [5.74, 6) is 0.570. The maximum Gasteiger partial charge on any atom is 0.252 e. The lowest BCUT2D eigenvalue weighted by Crippen LogP contribution is -2.38. The molecule has 0 unspecified atom stereocenters. The number of amides is 1. The van der Waals surface area contributed by atoms with E-state index in [2.05, 4.69) is 4.99 Å². The molecule has 2 fully saturated rings. The van der Waals surface area contributed by atoms with Crippen molar-refractivity contribution in [3.05, 3.63) is 59.7 Å². The summed E-state index contributed by atoms with van der Waals surface area (Å²) in [5.41, 5.74) is 2.69. The summed E-state index contributed by atoms with van der Waals surface area (Å²) in [7, 11) is -1.51. The molecule has 2 aromatic carbocycles. The summed E-state index contributed by atoms with van der Waals surface area (Å²) in [6.07, 6.45) is 0.128. The first-order valence-corrected chi connectivity index (χ1v) is 12.0. The molecule has 4 rings (SSSR count). The maximum atomic E-state index is 12.7. The van der Waals surface area contributed by atoms with Crippen LogP contribution in [0.2, 0.25) is 0 Å². The van der Waals surface area contributed by atoms with Crippen molar-refractivity contribution in [2.24, 2.45) is 4.99 Å². The van der Waals surface area contributed by atoms with Gasteiger partial charge in [-0.15, -0.1) is 0 Å². The molecule has 2 saturated heterocycles. The third-order valence-corrected chi connectivity index (χ3v) is 8.41. The fraction of sp³-hybridized carbons (Fsp3) is 0.333. The number of methoxy groups -OCH3 is 1. The molecule has 2 aliphatic rings. The normalized spacial score (nSPS) is 23.9. The summed E-state index contributed by atoms with van der Waals surface area (Å²) in [5, 5.41) is 0.460. The van der Waals surface area contributed by atoms with Crippen LogP contribution in [0.3, 0.4) is 0 Å². The number of hydrogen-bond donors (Lipinski definition) is 0. The number of carbonyl (C=O) groups excluding carboxylic acids is 1. The third-order valence-electron chi connectivity index (χ3n) is 5.20. The van der Waals surface area contributed by atoms with E-state index in [0.29, 0.717) is 10.9 Å². The molecule has 2 aliphatic heterocycles. The first-order valence-electron chi connectivity index (χ1n) is 9.33. The molecule has 29 heavy (non-hydrogen) atoms. The number of sulfone groups is 1. The number of para-hydroxylation sites is 2. The Labute approximate surface area is 174 Å². The lowest BCUT2D eigenvalue weighted by Gasteiger charge is -2.26. The molecule has 0 radical (unpaired) electrons. The molecule has 0 saturated carbocycles. The minimum absolute atomic E-state index is 0.0821. The number of carbonyl (C=O) groups is 1. The molecule has 2 atom stereocenters. The largest absolute Gasteiger partial charge is 0.496 e. The second-order valence-corrected chi connectivity index (χ2v) is 10.6. The summed E-state index contributed by atoms with van der Waals surface area (Å²) < 4.78 is 29.7. The monoisotopic (exact) mass is 430 g/mol. The van der Waals surface area contributed by atoms with Crippen LogP contribution < -0.4 is 9.64 Å². The molecule has 8 heteroatoms. The number of aliphatic imine (C=N–C) groups is 1. The molecule has 0 N–H and O–H groups in total. The standard InChI is InChI=1S/C21H22N2O4S2/c1-14-7-3-5-9-16(14)23-17-12-29(25,26)13-19(17)28-21(23)22-20(24)11-15-8-4-6-10-18(15)27-2/h3-10,17,19H,11-13H2,1-2H3/t17-,19+/m0/s1. The van der Waals surface area contributed by atoms with E-state index >= 15 is 0 Å². The first kappa shape index (κ1) is 20.0. The summed E-state index contributed by atoms with van der Waals surface area (Å²) in [4.78, 5) is 19.1. The zero-order valence-electron chi connectivity index (χ0n) is 16.2. The van der Waals surface area contributed by atoms with E-state index in [4.69, 9.17) is 4.74 Å². The van der Waals surface area contributed by atoms with Crippen molar-refractivity contribution in [1.29, 1.82) is 0 Å². The van der Waals surface area contributed by atoms with Gasteiger partial charge in [-0.2, -0.15) is 4.99 Å². The van der Waals surface area contributed by atoms with Gasteiger partial charge in [-0.25, -0.2) is 8.42 Å². The van der Waals surface area contributed by atoms with Crippen LogP contribution in [0.5, 0.6) is 5.75 Å². The van der Waals surface area contributed by atoms with E-state index in [0.717, 1.165) is 16.8 Å². The van der Waals surface area contributed by atoms with Crippen molar-refractivity contribution < 1.29 is 17.9 Å². The fourth-order valence-corrected chi connectivity index (χ4v) is 7.76. The topological polar surface area (TPSA) is 76.0 Å². The van der Waals surface area contributed by atoms with Crippen LogP contribution in [0.15, 0.2) is 53.5 Å². The van der Waals surface area contributed by atoms with Gasteiger partial charge in [0.15, 0.2) is 15.0 Å².